The maximum Gasteiger partial charge on any atom is 0.251 e. The molecule has 0 aromatic heterocycles. The zero-order valence-corrected chi connectivity index (χ0v) is 12.2. The van der Waals surface area contributed by atoms with Crippen LogP contribution in [0.1, 0.15) is 25.7 Å². The zero-order valence-electron chi connectivity index (χ0n) is 12.2. The number of carbonyl (C=O) groups excluding carboxylic acids is 3. The highest BCUT2D eigenvalue weighted by atomic mass is 16.2. The molecule has 3 amide bonds. The average Bonchev–Trinajstić information content (AvgIpc) is 2.67. The summed E-state index contributed by atoms with van der Waals surface area (Å²) in [6.07, 6.45) is 2.65. The van der Waals surface area contributed by atoms with E-state index in [2.05, 4.69) is 10.6 Å². The van der Waals surface area contributed by atoms with Crippen molar-refractivity contribution < 1.29 is 14.4 Å². The first kappa shape index (κ1) is 14.7. The third-order valence-electron chi connectivity index (χ3n) is 4.10. The second-order valence-electron chi connectivity index (χ2n) is 5.67. The highest BCUT2D eigenvalue weighted by molar-refractivity contribution is 6.22. The Morgan fingerprint density at radius 1 is 1.05 bits per heavy atom. The zero-order chi connectivity index (χ0) is 15.5. The fourth-order valence-corrected chi connectivity index (χ4v) is 2.95. The van der Waals surface area contributed by atoms with Crippen molar-refractivity contribution in [3.63, 3.8) is 0 Å². The molecule has 2 fully saturated rings. The number of amides is 3. The predicted octanol–water partition coefficient (Wildman–Crippen LogP) is 0.577. The van der Waals surface area contributed by atoms with Crippen molar-refractivity contribution in [3.8, 4) is 0 Å². The molecule has 2 saturated heterocycles. The molecule has 2 N–H and O–H groups in total. The van der Waals surface area contributed by atoms with Crippen LogP contribution in [0.15, 0.2) is 30.3 Å². The second-order valence-corrected chi connectivity index (χ2v) is 5.67. The van der Waals surface area contributed by atoms with E-state index in [-0.39, 0.29) is 24.1 Å². The highest BCUT2D eigenvalue weighted by Gasteiger charge is 2.41. The average molecular weight is 301 g/mol. The molecule has 116 valence electrons. The van der Waals surface area contributed by atoms with Gasteiger partial charge in [-0.3, -0.25) is 19.7 Å². The van der Waals surface area contributed by atoms with Crippen molar-refractivity contribution in [1.29, 1.82) is 0 Å². The van der Waals surface area contributed by atoms with Gasteiger partial charge in [0.2, 0.25) is 11.8 Å². The molecule has 6 heteroatoms. The Bertz CT molecular complexity index is 588. The predicted molar refractivity (Wildman–Crippen MR) is 81.1 cm³/mol. The van der Waals surface area contributed by atoms with Gasteiger partial charge in [-0.25, -0.2) is 4.90 Å². The first-order chi connectivity index (χ1) is 10.7. The van der Waals surface area contributed by atoms with Crippen LogP contribution in [-0.4, -0.2) is 36.3 Å². The van der Waals surface area contributed by atoms with Crippen LogP contribution in [0.25, 0.3) is 0 Å². The summed E-state index contributed by atoms with van der Waals surface area (Å²) in [7, 11) is 0. The van der Waals surface area contributed by atoms with E-state index >= 15 is 0 Å². The van der Waals surface area contributed by atoms with E-state index in [4.69, 9.17) is 0 Å². The van der Waals surface area contributed by atoms with Crippen molar-refractivity contribution in [2.75, 3.05) is 11.4 Å². The Hall–Kier alpha value is -2.21. The maximum absolute atomic E-state index is 12.5. The summed E-state index contributed by atoms with van der Waals surface area (Å²) >= 11 is 0. The molecule has 0 aliphatic carbocycles. The minimum Gasteiger partial charge on any atom is -0.355 e. The number of benzene rings is 1. The first-order valence-electron chi connectivity index (χ1n) is 7.62. The summed E-state index contributed by atoms with van der Waals surface area (Å²) < 4.78 is 0. The van der Waals surface area contributed by atoms with Gasteiger partial charge in [0.15, 0.2) is 0 Å². The monoisotopic (exact) mass is 301 g/mol. The fourth-order valence-electron chi connectivity index (χ4n) is 2.95. The summed E-state index contributed by atoms with van der Waals surface area (Å²) in [4.78, 5) is 37.8. The summed E-state index contributed by atoms with van der Waals surface area (Å²) in [5, 5.41) is 5.89. The van der Waals surface area contributed by atoms with Crippen molar-refractivity contribution in [2.24, 2.45) is 0 Å². The molecule has 3 rings (SSSR count). The lowest BCUT2D eigenvalue weighted by molar-refractivity contribution is -0.123. The van der Waals surface area contributed by atoms with E-state index in [1.165, 1.54) is 4.90 Å². The number of nitrogens with one attached hydrogen (secondary N) is 2. The number of imide groups is 1. The van der Waals surface area contributed by atoms with Gasteiger partial charge in [-0.1, -0.05) is 18.2 Å². The van der Waals surface area contributed by atoms with Crippen molar-refractivity contribution in [3.05, 3.63) is 30.3 Å². The van der Waals surface area contributed by atoms with Gasteiger partial charge < -0.3 is 5.32 Å². The normalized spacial score (nSPS) is 26.0. The lowest BCUT2D eigenvalue weighted by atomic mass is 10.1. The molecule has 0 unspecified atom stereocenters. The van der Waals surface area contributed by atoms with Gasteiger partial charge in [-0.05, 0) is 31.4 Å². The molecule has 2 atom stereocenters. The Labute approximate surface area is 128 Å². The van der Waals surface area contributed by atoms with E-state index in [0.717, 1.165) is 12.8 Å². The van der Waals surface area contributed by atoms with Crippen LogP contribution in [0.2, 0.25) is 0 Å². The van der Waals surface area contributed by atoms with Crippen molar-refractivity contribution >= 4 is 23.4 Å². The van der Waals surface area contributed by atoms with Gasteiger partial charge in [0, 0.05) is 6.54 Å². The number of anilines is 1. The standard InChI is InChI=1S/C16H19N3O3/c20-14-10-13(18-12-8-4-5-9-17-15(12)21)16(22)19(14)11-6-2-1-3-7-11/h1-3,6-7,12-13,18H,4-5,8-10H2,(H,17,21)/t12-,13+/m0/s1. The minimum absolute atomic E-state index is 0.0871. The molecule has 2 heterocycles. The van der Waals surface area contributed by atoms with E-state index in [1.54, 1.807) is 24.3 Å². The lowest BCUT2D eigenvalue weighted by Gasteiger charge is -2.19. The third-order valence-corrected chi connectivity index (χ3v) is 4.10. The molecule has 0 saturated carbocycles. The molecule has 0 radical (unpaired) electrons. The topological polar surface area (TPSA) is 78.5 Å². The van der Waals surface area contributed by atoms with Crippen LogP contribution in [0.4, 0.5) is 5.69 Å². The fraction of sp³-hybridized carbons (Fsp3) is 0.438. The van der Waals surface area contributed by atoms with E-state index in [9.17, 15) is 14.4 Å². The molecule has 0 spiro atoms. The summed E-state index contributed by atoms with van der Waals surface area (Å²) in [5.41, 5.74) is 0.576. The van der Waals surface area contributed by atoms with Crippen LogP contribution < -0.4 is 15.5 Å². The summed E-state index contributed by atoms with van der Waals surface area (Å²) in [6, 6.07) is 7.85. The Balaban J connectivity index is 1.72. The van der Waals surface area contributed by atoms with Crippen molar-refractivity contribution in [1.82, 2.24) is 10.6 Å². The Morgan fingerprint density at radius 3 is 2.59 bits per heavy atom. The molecule has 1 aromatic rings. The van der Waals surface area contributed by atoms with Crippen LogP contribution in [0.3, 0.4) is 0 Å². The van der Waals surface area contributed by atoms with Crippen molar-refractivity contribution in [2.45, 2.75) is 37.8 Å². The smallest absolute Gasteiger partial charge is 0.251 e. The van der Waals surface area contributed by atoms with Gasteiger partial charge >= 0.3 is 0 Å². The second kappa shape index (κ2) is 6.27. The molecule has 2 aliphatic rings. The summed E-state index contributed by atoms with van der Waals surface area (Å²) in [6.45, 7) is 0.671. The molecule has 0 bridgehead atoms. The molecular formula is C16H19N3O3. The minimum atomic E-state index is -0.624. The molecule has 2 aliphatic heterocycles. The van der Waals surface area contributed by atoms with E-state index in [1.807, 2.05) is 6.07 Å². The lowest BCUT2D eigenvalue weighted by Crippen LogP contribution is -2.50. The summed E-state index contributed by atoms with van der Waals surface area (Å²) in [5.74, 6) is -0.605. The number of hydrogen-bond donors (Lipinski definition) is 2. The first-order valence-corrected chi connectivity index (χ1v) is 7.62. The maximum atomic E-state index is 12.5. The van der Waals surface area contributed by atoms with Gasteiger partial charge in [0.25, 0.3) is 5.91 Å². The largest absolute Gasteiger partial charge is 0.355 e. The van der Waals surface area contributed by atoms with Gasteiger partial charge in [0.05, 0.1) is 24.2 Å². The van der Waals surface area contributed by atoms with Crippen LogP contribution in [-0.2, 0) is 14.4 Å². The Kier molecular flexibility index (Phi) is 4.20. The van der Waals surface area contributed by atoms with E-state index in [0.29, 0.717) is 18.7 Å². The SMILES string of the molecule is O=C1NCCCC[C@@H]1N[C@@H]1CC(=O)N(c2ccccc2)C1=O. The van der Waals surface area contributed by atoms with Crippen LogP contribution in [0, 0.1) is 0 Å². The van der Waals surface area contributed by atoms with Gasteiger partial charge in [0.1, 0.15) is 0 Å². The molecule has 22 heavy (non-hydrogen) atoms. The molecular weight excluding hydrogens is 282 g/mol. The highest BCUT2D eigenvalue weighted by Crippen LogP contribution is 2.23. The molecule has 1 aromatic carbocycles. The van der Waals surface area contributed by atoms with Crippen LogP contribution >= 0.6 is 0 Å². The van der Waals surface area contributed by atoms with Gasteiger partial charge in [-0.15, -0.1) is 0 Å². The number of hydrogen-bond acceptors (Lipinski definition) is 4. The number of carbonyl (C=O) groups is 3. The van der Waals surface area contributed by atoms with Gasteiger partial charge in [-0.2, -0.15) is 0 Å². The third kappa shape index (κ3) is 2.87. The van der Waals surface area contributed by atoms with E-state index < -0.39 is 12.1 Å². The number of para-hydroxylation sites is 1. The Morgan fingerprint density at radius 2 is 1.82 bits per heavy atom. The van der Waals surface area contributed by atoms with Crippen LogP contribution in [0.5, 0.6) is 0 Å². The quantitative estimate of drug-likeness (QED) is 0.800. The number of rotatable bonds is 3. The number of nitrogens with zero attached hydrogens (tertiary/aromatic N) is 1. The molecule has 6 nitrogen and oxygen atoms in total.